The molecule has 0 aliphatic carbocycles. The lowest BCUT2D eigenvalue weighted by Crippen LogP contribution is -2.27. The SMILES string of the molecule is Cc1cc(C)cc(-c2nnc(SCC(=O)N(C)Cc3cccs3)o2)c1. The molecule has 0 spiro atoms. The zero-order valence-corrected chi connectivity index (χ0v) is 16.0. The summed E-state index contributed by atoms with van der Waals surface area (Å²) in [7, 11) is 1.80. The van der Waals surface area contributed by atoms with E-state index >= 15 is 0 Å². The minimum atomic E-state index is 0.0320. The van der Waals surface area contributed by atoms with Gasteiger partial charge in [0.05, 0.1) is 12.3 Å². The monoisotopic (exact) mass is 373 g/mol. The predicted octanol–water partition coefficient (Wildman–Crippen LogP) is 4.17. The van der Waals surface area contributed by atoms with Crippen LogP contribution in [0.3, 0.4) is 0 Å². The number of aryl methyl sites for hydroxylation is 2. The predicted molar refractivity (Wildman–Crippen MR) is 101 cm³/mol. The molecule has 25 heavy (non-hydrogen) atoms. The lowest BCUT2D eigenvalue weighted by Gasteiger charge is -2.15. The molecule has 0 atom stereocenters. The van der Waals surface area contributed by atoms with Gasteiger partial charge in [0, 0.05) is 17.5 Å². The average molecular weight is 374 g/mol. The summed E-state index contributed by atoms with van der Waals surface area (Å²) >= 11 is 2.91. The fourth-order valence-corrected chi connectivity index (χ4v) is 3.90. The first kappa shape index (κ1) is 17.7. The molecule has 2 aromatic heterocycles. The van der Waals surface area contributed by atoms with Crippen molar-refractivity contribution in [3.05, 3.63) is 51.7 Å². The van der Waals surface area contributed by atoms with Crippen LogP contribution in [0.1, 0.15) is 16.0 Å². The summed E-state index contributed by atoms with van der Waals surface area (Å²) in [6.45, 7) is 4.68. The molecule has 5 nitrogen and oxygen atoms in total. The quantitative estimate of drug-likeness (QED) is 0.607. The molecule has 0 saturated heterocycles. The molecule has 0 aliphatic heterocycles. The first-order valence-electron chi connectivity index (χ1n) is 7.82. The molecule has 3 aromatic rings. The number of nitrogens with zero attached hydrogens (tertiary/aromatic N) is 3. The van der Waals surface area contributed by atoms with Crippen LogP contribution in [0.5, 0.6) is 0 Å². The molecular formula is C18H19N3O2S2. The second-order valence-corrected chi connectivity index (χ2v) is 7.83. The molecule has 1 aromatic carbocycles. The smallest absolute Gasteiger partial charge is 0.277 e. The zero-order chi connectivity index (χ0) is 17.8. The van der Waals surface area contributed by atoms with Crippen molar-refractivity contribution in [2.24, 2.45) is 0 Å². The highest BCUT2D eigenvalue weighted by atomic mass is 32.2. The molecule has 0 aliphatic rings. The van der Waals surface area contributed by atoms with E-state index in [1.807, 2.05) is 43.5 Å². The summed E-state index contributed by atoms with van der Waals surface area (Å²) in [5.41, 5.74) is 3.19. The topological polar surface area (TPSA) is 59.2 Å². The van der Waals surface area contributed by atoms with Gasteiger partial charge in [-0.2, -0.15) is 0 Å². The number of hydrogen-bond donors (Lipinski definition) is 0. The molecule has 0 bridgehead atoms. The van der Waals surface area contributed by atoms with Gasteiger partial charge in [-0.15, -0.1) is 21.5 Å². The normalized spacial score (nSPS) is 10.8. The highest BCUT2D eigenvalue weighted by Crippen LogP contribution is 2.25. The standard InChI is InChI=1S/C18H19N3O2S2/c1-12-7-13(2)9-14(8-12)17-19-20-18(23-17)25-11-16(22)21(3)10-15-5-4-6-24-15/h4-9H,10-11H2,1-3H3. The van der Waals surface area contributed by atoms with Crippen LogP contribution >= 0.6 is 23.1 Å². The number of rotatable bonds is 6. The van der Waals surface area contributed by atoms with Crippen LogP contribution in [0.25, 0.3) is 11.5 Å². The second-order valence-electron chi connectivity index (χ2n) is 5.87. The molecule has 130 valence electrons. The number of benzene rings is 1. The summed E-state index contributed by atoms with van der Waals surface area (Å²) < 4.78 is 5.69. The molecule has 3 rings (SSSR count). The first-order chi connectivity index (χ1) is 12.0. The van der Waals surface area contributed by atoms with E-state index in [1.165, 1.54) is 11.8 Å². The van der Waals surface area contributed by atoms with E-state index in [9.17, 15) is 4.79 Å². The lowest BCUT2D eigenvalue weighted by atomic mass is 10.1. The summed E-state index contributed by atoms with van der Waals surface area (Å²) in [4.78, 5) is 15.1. The van der Waals surface area contributed by atoms with E-state index in [-0.39, 0.29) is 11.7 Å². The van der Waals surface area contributed by atoms with Crippen molar-refractivity contribution in [3.8, 4) is 11.5 Å². The van der Waals surface area contributed by atoms with Gasteiger partial charge in [0.2, 0.25) is 11.8 Å². The van der Waals surface area contributed by atoms with E-state index in [0.29, 0.717) is 17.7 Å². The lowest BCUT2D eigenvalue weighted by molar-refractivity contribution is -0.127. The maximum atomic E-state index is 12.2. The van der Waals surface area contributed by atoms with Crippen molar-refractivity contribution in [2.75, 3.05) is 12.8 Å². The Labute approximate surface area is 155 Å². The van der Waals surface area contributed by atoms with Gasteiger partial charge in [-0.3, -0.25) is 4.79 Å². The fourth-order valence-electron chi connectivity index (χ4n) is 2.44. The summed E-state index contributed by atoms with van der Waals surface area (Å²) in [5.74, 6) is 0.786. The van der Waals surface area contributed by atoms with Crippen molar-refractivity contribution < 1.29 is 9.21 Å². The minimum Gasteiger partial charge on any atom is -0.411 e. The fraction of sp³-hybridized carbons (Fsp3) is 0.278. The van der Waals surface area contributed by atoms with Gasteiger partial charge in [0.15, 0.2) is 0 Å². The Morgan fingerprint density at radius 2 is 2.00 bits per heavy atom. The molecule has 0 saturated carbocycles. The van der Waals surface area contributed by atoms with Gasteiger partial charge in [-0.25, -0.2) is 0 Å². The largest absolute Gasteiger partial charge is 0.411 e. The third-order valence-electron chi connectivity index (χ3n) is 3.59. The van der Waals surface area contributed by atoms with Gasteiger partial charge in [-0.05, 0) is 37.4 Å². The van der Waals surface area contributed by atoms with Crippen molar-refractivity contribution in [1.29, 1.82) is 0 Å². The third kappa shape index (κ3) is 4.70. The Morgan fingerprint density at radius 3 is 2.68 bits per heavy atom. The van der Waals surface area contributed by atoms with Crippen molar-refractivity contribution >= 4 is 29.0 Å². The van der Waals surface area contributed by atoms with Gasteiger partial charge in [0.1, 0.15) is 0 Å². The minimum absolute atomic E-state index is 0.0320. The highest BCUT2D eigenvalue weighted by molar-refractivity contribution is 7.99. The Bertz CT molecular complexity index is 839. The number of thiophene rings is 1. The maximum Gasteiger partial charge on any atom is 0.277 e. The highest BCUT2D eigenvalue weighted by Gasteiger charge is 2.14. The molecule has 0 radical (unpaired) electrons. The van der Waals surface area contributed by atoms with Crippen LogP contribution in [-0.2, 0) is 11.3 Å². The van der Waals surface area contributed by atoms with Crippen LogP contribution in [0.4, 0.5) is 0 Å². The first-order valence-corrected chi connectivity index (χ1v) is 9.69. The Balaban J connectivity index is 1.59. The molecular weight excluding hydrogens is 354 g/mol. The Hall–Kier alpha value is -2.12. The molecule has 2 heterocycles. The summed E-state index contributed by atoms with van der Waals surface area (Å²) in [6.07, 6.45) is 0. The second kappa shape index (κ2) is 7.84. The Kier molecular flexibility index (Phi) is 5.55. The number of thioether (sulfide) groups is 1. The van der Waals surface area contributed by atoms with Crippen LogP contribution < -0.4 is 0 Å². The Morgan fingerprint density at radius 1 is 1.24 bits per heavy atom. The van der Waals surface area contributed by atoms with E-state index < -0.39 is 0 Å². The number of amides is 1. The molecule has 1 amide bonds. The number of carbonyl (C=O) groups excluding carboxylic acids is 1. The van der Waals surface area contributed by atoms with Crippen LogP contribution in [-0.4, -0.2) is 33.8 Å². The van der Waals surface area contributed by atoms with Gasteiger partial charge >= 0.3 is 0 Å². The van der Waals surface area contributed by atoms with Crippen molar-refractivity contribution in [3.63, 3.8) is 0 Å². The zero-order valence-electron chi connectivity index (χ0n) is 14.4. The molecule has 0 fully saturated rings. The summed E-state index contributed by atoms with van der Waals surface area (Å²) in [5, 5.41) is 10.5. The van der Waals surface area contributed by atoms with E-state index in [0.717, 1.165) is 21.6 Å². The number of hydrogen-bond acceptors (Lipinski definition) is 6. The third-order valence-corrected chi connectivity index (χ3v) is 5.26. The van der Waals surface area contributed by atoms with E-state index in [1.54, 1.807) is 23.3 Å². The molecule has 0 N–H and O–H groups in total. The van der Waals surface area contributed by atoms with Gasteiger partial charge in [0.25, 0.3) is 5.22 Å². The summed E-state index contributed by atoms with van der Waals surface area (Å²) in [6, 6.07) is 10.1. The molecule has 7 heteroatoms. The van der Waals surface area contributed by atoms with E-state index in [4.69, 9.17) is 4.42 Å². The number of carbonyl (C=O) groups is 1. The number of aromatic nitrogens is 2. The van der Waals surface area contributed by atoms with Crippen LogP contribution in [0.2, 0.25) is 0 Å². The van der Waals surface area contributed by atoms with Gasteiger partial charge in [-0.1, -0.05) is 35.0 Å². The average Bonchev–Trinajstić information content (AvgIpc) is 3.23. The van der Waals surface area contributed by atoms with Crippen LogP contribution in [0, 0.1) is 13.8 Å². The van der Waals surface area contributed by atoms with Gasteiger partial charge < -0.3 is 9.32 Å². The van der Waals surface area contributed by atoms with Crippen molar-refractivity contribution in [1.82, 2.24) is 15.1 Å². The maximum absolute atomic E-state index is 12.2. The van der Waals surface area contributed by atoms with E-state index in [2.05, 4.69) is 16.3 Å². The molecule has 0 unspecified atom stereocenters. The van der Waals surface area contributed by atoms with Crippen LogP contribution in [0.15, 0.2) is 45.4 Å². The van der Waals surface area contributed by atoms with Crippen molar-refractivity contribution in [2.45, 2.75) is 25.6 Å².